The van der Waals surface area contributed by atoms with E-state index in [1.807, 2.05) is 0 Å². The number of rotatable bonds is 2. The van der Waals surface area contributed by atoms with Gasteiger partial charge in [-0.15, -0.1) is 0 Å². The average Bonchev–Trinajstić information content (AvgIpc) is 2.03. The van der Waals surface area contributed by atoms with Gasteiger partial charge in [-0.05, 0) is 23.7 Å². The predicted molar refractivity (Wildman–Crippen MR) is 50.2 cm³/mol. The summed E-state index contributed by atoms with van der Waals surface area (Å²) in [4.78, 5) is 0. The van der Waals surface area contributed by atoms with Crippen LogP contribution in [-0.2, 0) is 0 Å². The number of hydrogen-bond acceptors (Lipinski definition) is 4. The Morgan fingerprint density at radius 2 is 2.00 bits per heavy atom. The summed E-state index contributed by atoms with van der Waals surface area (Å²) in [5, 5.41) is 20.5. The van der Waals surface area contributed by atoms with E-state index in [9.17, 15) is 0 Å². The molecule has 5 N–H and O–H groups in total. The summed E-state index contributed by atoms with van der Waals surface area (Å²) in [5.41, 5.74) is 7.17. The summed E-state index contributed by atoms with van der Waals surface area (Å²) >= 11 is 0. The van der Waals surface area contributed by atoms with E-state index in [-0.39, 0.29) is 0 Å². The summed E-state index contributed by atoms with van der Waals surface area (Å²) in [6, 6.07) is 4.86. The zero-order chi connectivity index (χ0) is 9.14. The van der Waals surface area contributed by atoms with Crippen molar-refractivity contribution in [3.63, 3.8) is 0 Å². The summed E-state index contributed by atoms with van der Waals surface area (Å²) < 4.78 is 0. The first kappa shape index (κ1) is 8.90. The topological polar surface area (TPSA) is 78.5 Å². The van der Waals surface area contributed by atoms with Crippen molar-refractivity contribution in [2.75, 3.05) is 18.1 Å². The highest BCUT2D eigenvalue weighted by Crippen LogP contribution is 2.09. The van der Waals surface area contributed by atoms with Crippen LogP contribution in [0, 0.1) is 0 Å². The lowest BCUT2D eigenvalue weighted by molar-refractivity contribution is 0.426. The van der Waals surface area contributed by atoms with E-state index in [4.69, 9.17) is 15.8 Å². The SMILES string of the molecule is CNc1cc(N)cc(B(O)O)c1. The molecule has 0 fully saturated rings. The second kappa shape index (κ2) is 3.47. The number of nitrogens with one attached hydrogen (secondary N) is 1. The molecule has 0 amide bonds. The molecule has 1 rings (SSSR count). The molecular weight excluding hydrogens is 155 g/mol. The van der Waals surface area contributed by atoms with Gasteiger partial charge in [-0.25, -0.2) is 0 Å². The molecule has 4 nitrogen and oxygen atoms in total. The van der Waals surface area contributed by atoms with Crippen LogP contribution in [0.2, 0.25) is 0 Å². The molecule has 0 radical (unpaired) electrons. The summed E-state index contributed by atoms with van der Waals surface area (Å²) in [6.45, 7) is 0. The van der Waals surface area contributed by atoms with E-state index in [0.29, 0.717) is 11.2 Å². The van der Waals surface area contributed by atoms with Gasteiger partial charge in [-0.3, -0.25) is 0 Å². The molecule has 0 aliphatic heterocycles. The lowest BCUT2D eigenvalue weighted by Gasteiger charge is -2.05. The summed E-state index contributed by atoms with van der Waals surface area (Å²) in [6.07, 6.45) is 0. The molecule has 12 heavy (non-hydrogen) atoms. The van der Waals surface area contributed by atoms with Crippen molar-refractivity contribution in [3.8, 4) is 0 Å². The minimum absolute atomic E-state index is 0.388. The van der Waals surface area contributed by atoms with Gasteiger partial charge in [0.2, 0.25) is 0 Å². The quantitative estimate of drug-likeness (QED) is 0.335. The van der Waals surface area contributed by atoms with Crippen LogP contribution in [-0.4, -0.2) is 24.2 Å². The Morgan fingerprint density at radius 3 is 2.50 bits per heavy atom. The van der Waals surface area contributed by atoms with Crippen molar-refractivity contribution in [2.45, 2.75) is 0 Å². The molecule has 0 atom stereocenters. The lowest BCUT2D eigenvalue weighted by atomic mass is 9.80. The Morgan fingerprint density at radius 1 is 1.33 bits per heavy atom. The van der Waals surface area contributed by atoms with Crippen LogP contribution in [0.1, 0.15) is 0 Å². The first-order chi connectivity index (χ1) is 5.63. The second-order valence-electron chi connectivity index (χ2n) is 2.51. The van der Waals surface area contributed by atoms with Crippen LogP contribution >= 0.6 is 0 Å². The van der Waals surface area contributed by atoms with Crippen LogP contribution in [0.5, 0.6) is 0 Å². The molecule has 0 aromatic heterocycles. The Hall–Kier alpha value is -1.20. The van der Waals surface area contributed by atoms with Crippen molar-refractivity contribution < 1.29 is 10.0 Å². The Kier molecular flexibility index (Phi) is 2.57. The van der Waals surface area contributed by atoms with Crippen molar-refractivity contribution in [3.05, 3.63) is 18.2 Å². The van der Waals surface area contributed by atoms with Crippen LogP contribution in [0.3, 0.4) is 0 Å². The minimum Gasteiger partial charge on any atom is -0.423 e. The normalized spacial score (nSPS) is 9.58. The maximum absolute atomic E-state index is 8.84. The number of benzene rings is 1. The summed E-state index contributed by atoms with van der Waals surface area (Å²) in [5.74, 6) is 0. The molecule has 1 aromatic carbocycles. The third-order valence-electron chi connectivity index (χ3n) is 1.56. The largest absolute Gasteiger partial charge is 0.488 e. The fourth-order valence-corrected chi connectivity index (χ4v) is 0.970. The van der Waals surface area contributed by atoms with Gasteiger partial charge in [0.1, 0.15) is 0 Å². The number of hydrogen-bond donors (Lipinski definition) is 4. The smallest absolute Gasteiger partial charge is 0.423 e. The van der Waals surface area contributed by atoms with Crippen molar-refractivity contribution in [1.82, 2.24) is 0 Å². The molecule has 64 valence electrons. The molecular formula is C7H11BN2O2. The number of nitrogens with two attached hydrogens (primary N) is 1. The maximum Gasteiger partial charge on any atom is 0.488 e. The van der Waals surface area contributed by atoms with Crippen molar-refractivity contribution >= 4 is 24.0 Å². The Bertz CT molecular complexity index is 278. The molecule has 0 unspecified atom stereocenters. The van der Waals surface area contributed by atoms with E-state index in [0.717, 1.165) is 5.69 Å². The van der Waals surface area contributed by atoms with E-state index in [1.54, 1.807) is 19.2 Å². The summed E-state index contributed by atoms with van der Waals surface area (Å²) in [7, 11) is 0.267. The molecule has 0 saturated carbocycles. The molecule has 0 saturated heterocycles. The molecule has 1 aromatic rings. The van der Waals surface area contributed by atoms with E-state index in [1.165, 1.54) is 6.07 Å². The fraction of sp³-hybridized carbons (Fsp3) is 0.143. The van der Waals surface area contributed by atoms with Crippen molar-refractivity contribution in [1.29, 1.82) is 0 Å². The first-order valence-corrected chi connectivity index (χ1v) is 3.58. The lowest BCUT2D eigenvalue weighted by Crippen LogP contribution is -2.30. The molecule has 0 bridgehead atoms. The van der Waals surface area contributed by atoms with Gasteiger partial charge < -0.3 is 21.1 Å². The van der Waals surface area contributed by atoms with Crippen LogP contribution in [0.25, 0.3) is 0 Å². The zero-order valence-corrected chi connectivity index (χ0v) is 6.78. The van der Waals surface area contributed by atoms with E-state index < -0.39 is 7.12 Å². The van der Waals surface area contributed by atoms with Gasteiger partial charge >= 0.3 is 7.12 Å². The van der Waals surface area contributed by atoms with Gasteiger partial charge in [-0.1, -0.05) is 0 Å². The van der Waals surface area contributed by atoms with E-state index in [2.05, 4.69) is 5.32 Å². The molecule has 0 spiro atoms. The van der Waals surface area contributed by atoms with Crippen molar-refractivity contribution in [2.24, 2.45) is 0 Å². The Balaban J connectivity index is 3.06. The standard InChI is InChI=1S/C7H11BN2O2/c1-10-7-3-5(8(11)12)2-6(9)4-7/h2-4,10-12H,9H2,1H3. The van der Waals surface area contributed by atoms with Gasteiger partial charge in [-0.2, -0.15) is 0 Å². The van der Waals surface area contributed by atoms with E-state index >= 15 is 0 Å². The average molecular weight is 166 g/mol. The van der Waals surface area contributed by atoms with Gasteiger partial charge in [0.05, 0.1) is 0 Å². The molecule has 5 heteroatoms. The number of nitrogen functional groups attached to an aromatic ring is 1. The number of anilines is 2. The third kappa shape index (κ3) is 1.90. The highest BCUT2D eigenvalue weighted by molar-refractivity contribution is 6.58. The fourth-order valence-electron chi connectivity index (χ4n) is 0.970. The minimum atomic E-state index is -1.47. The van der Waals surface area contributed by atoms with Crippen LogP contribution in [0.4, 0.5) is 11.4 Å². The highest BCUT2D eigenvalue weighted by Gasteiger charge is 2.11. The highest BCUT2D eigenvalue weighted by atomic mass is 16.4. The zero-order valence-electron chi connectivity index (χ0n) is 6.78. The van der Waals surface area contributed by atoms with Gasteiger partial charge in [0.25, 0.3) is 0 Å². The first-order valence-electron chi connectivity index (χ1n) is 3.58. The van der Waals surface area contributed by atoms with Crippen LogP contribution in [0.15, 0.2) is 18.2 Å². The molecule has 0 heterocycles. The third-order valence-corrected chi connectivity index (χ3v) is 1.56. The Labute approximate surface area is 71.2 Å². The second-order valence-corrected chi connectivity index (χ2v) is 2.51. The van der Waals surface area contributed by atoms with Crippen LogP contribution < -0.4 is 16.5 Å². The van der Waals surface area contributed by atoms with Gasteiger partial charge in [0.15, 0.2) is 0 Å². The van der Waals surface area contributed by atoms with Gasteiger partial charge in [0, 0.05) is 18.4 Å². The monoisotopic (exact) mass is 166 g/mol. The molecule has 0 aliphatic carbocycles. The molecule has 0 aliphatic rings. The predicted octanol–water partition coefficient (Wildman–Crippen LogP) is -1.01. The maximum atomic E-state index is 8.84.